The molecule has 1 heterocycles. The van der Waals surface area contributed by atoms with E-state index in [1.54, 1.807) is 0 Å². The second-order valence-electron chi connectivity index (χ2n) is 11.5. The zero-order valence-corrected chi connectivity index (χ0v) is 24.1. The molecule has 1 fully saturated rings. The van der Waals surface area contributed by atoms with E-state index in [-0.39, 0.29) is 0 Å². The Hall–Kier alpha value is -1.90. The van der Waals surface area contributed by atoms with Gasteiger partial charge in [-0.3, -0.25) is 0 Å². The van der Waals surface area contributed by atoms with Crippen molar-refractivity contribution in [3.05, 3.63) is 42.2 Å². The van der Waals surface area contributed by atoms with Gasteiger partial charge in [-0.05, 0) is 67.3 Å². The zero-order valence-electron chi connectivity index (χ0n) is 24.1. The zero-order chi connectivity index (χ0) is 26.0. The molecule has 0 unspecified atom stereocenters. The van der Waals surface area contributed by atoms with Gasteiger partial charge in [0.1, 0.15) is 5.75 Å². The molecule has 0 aliphatic heterocycles. The highest BCUT2D eigenvalue weighted by Gasteiger charge is 2.20. The molecular formula is C34H54N2O. The highest BCUT2D eigenvalue weighted by Crippen LogP contribution is 2.34. The van der Waals surface area contributed by atoms with Gasteiger partial charge in [0.15, 0.2) is 5.82 Å². The standard InChI is InChI=1S/C34H54N2O/c1-3-5-7-8-9-10-11-13-16-31-27-35-34(36-28-31)32-22-24-33(25-23-32)37-26-14-17-30-20-18-29(19-21-30)15-12-6-4-2/h22-25,27-30H,3-21,26H2,1-2H3/t29-,30-. The Bertz CT molecular complexity index is 809. The predicted molar refractivity (Wildman–Crippen MR) is 158 cm³/mol. The number of aromatic nitrogens is 2. The van der Waals surface area contributed by atoms with Gasteiger partial charge in [-0.25, -0.2) is 9.97 Å². The van der Waals surface area contributed by atoms with Crippen LogP contribution in [-0.4, -0.2) is 16.6 Å². The van der Waals surface area contributed by atoms with E-state index in [1.165, 1.54) is 115 Å². The summed E-state index contributed by atoms with van der Waals surface area (Å²) in [7, 11) is 0. The maximum Gasteiger partial charge on any atom is 0.159 e. The van der Waals surface area contributed by atoms with Gasteiger partial charge >= 0.3 is 0 Å². The molecule has 1 aromatic heterocycles. The molecule has 3 nitrogen and oxygen atoms in total. The van der Waals surface area contributed by atoms with Crippen molar-refractivity contribution in [1.29, 1.82) is 0 Å². The molecule has 1 aliphatic carbocycles. The molecule has 0 amide bonds. The van der Waals surface area contributed by atoms with Crippen molar-refractivity contribution in [1.82, 2.24) is 9.97 Å². The molecule has 0 radical (unpaired) electrons. The lowest BCUT2D eigenvalue weighted by atomic mass is 9.78. The van der Waals surface area contributed by atoms with Crippen molar-refractivity contribution in [3.63, 3.8) is 0 Å². The number of unbranched alkanes of at least 4 members (excludes halogenated alkanes) is 9. The van der Waals surface area contributed by atoms with Crippen molar-refractivity contribution in [3.8, 4) is 17.1 Å². The van der Waals surface area contributed by atoms with Crippen molar-refractivity contribution >= 4 is 0 Å². The van der Waals surface area contributed by atoms with Gasteiger partial charge in [-0.1, -0.05) is 110 Å². The summed E-state index contributed by atoms with van der Waals surface area (Å²) in [5.74, 6) is 3.68. The van der Waals surface area contributed by atoms with Crippen molar-refractivity contribution in [2.75, 3.05) is 6.61 Å². The fraction of sp³-hybridized carbons (Fsp3) is 0.706. The lowest BCUT2D eigenvalue weighted by Gasteiger charge is -2.28. The van der Waals surface area contributed by atoms with Crippen LogP contribution in [0.25, 0.3) is 11.4 Å². The number of rotatable bonds is 19. The molecule has 0 N–H and O–H groups in total. The first-order valence-electron chi connectivity index (χ1n) is 15.8. The molecule has 37 heavy (non-hydrogen) atoms. The summed E-state index contributed by atoms with van der Waals surface area (Å²) in [4.78, 5) is 9.26. The summed E-state index contributed by atoms with van der Waals surface area (Å²) in [5.41, 5.74) is 2.31. The van der Waals surface area contributed by atoms with Crippen LogP contribution in [0.4, 0.5) is 0 Å². The van der Waals surface area contributed by atoms with Gasteiger partial charge in [0.25, 0.3) is 0 Å². The minimum atomic E-state index is 0.802. The Morgan fingerprint density at radius 1 is 0.649 bits per heavy atom. The van der Waals surface area contributed by atoms with Crippen LogP contribution >= 0.6 is 0 Å². The molecule has 1 aliphatic rings. The third-order valence-corrected chi connectivity index (χ3v) is 8.34. The monoisotopic (exact) mass is 506 g/mol. The van der Waals surface area contributed by atoms with Gasteiger partial charge in [0, 0.05) is 18.0 Å². The molecular weight excluding hydrogens is 452 g/mol. The topological polar surface area (TPSA) is 35.0 Å². The fourth-order valence-corrected chi connectivity index (χ4v) is 5.85. The Morgan fingerprint density at radius 2 is 1.19 bits per heavy atom. The van der Waals surface area contributed by atoms with E-state index in [9.17, 15) is 0 Å². The van der Waals surface area contributed by atoms with Crippen molar-refractivity contribution < 1.29 is 4.74 Å². The van der Waals surface area contributed by atoms with E-state index in [0.29, 0.717) is 0 Å². The number of hydrogen-bond donors (Lipinski definition) is 0. The van der Waals surface area contributed by atoms with Gasteiger partial charge in [-0.15, -0.1) is 0 Å². The lowest BCUT2D eigenvalue weighted by molar-refractivity contribution is 0.228. The van der Waals surface area contributed by atoms with E-state index >= 15 is 0 Å². The van der Waals surface area contributed by atoms with E-state index in [4.69, 9.17) is 4.74 Å². The minimum Gasteiger partial charge on any atom is -0.494 e. The second-order valence-corrected chi connectivity index (χ2v) is 11.5. The van der Waals surface area contributed by atoms with Gasteiger partial charge in [0.2, 0.25) is 0 Å². The van der Waals surface area contributed by atoms with Crippen LogP contribution in [0.2, 0.25) is 0 Å². The van der Waals surface area contributed by atoms with E-state index in [2.05, 4.69) is 48.1 Å². The minimum absolute atomic E-state index is 0.802. The number of ether oxygens (including phenoxy) is 1. The van der Waals surface area contributed by atoms with Gasteiger partial charge in [0.05, 0.1) is 6.61 Å². The van der Waals surface area contributed by atoms with Crippen LogP contribution in [0.1, 0.15) is 135 Å². The quantitative estimate of drug-likeness (QED) is 0.178. The maximum atomic E-state index is 6.04. The first kappa shape index (κ1) is 29.7. The Kier molecular flexibility index (Phi) is 14.7. The van der Waals surface area contributed by atoms with Crippen LogP contribution < -0.4 is 4.74 Å². The van der Waals surface area contributed by atoms with E-state index in [1.807, 2.05) is 12.4 Å². The molecule has 1 aromatic carbocycles. The smallest absolute Gasteiger partial charge is 0.159 e. The molecule has 1 saturated carbocycles. The molecule has 0 bridgehead atoms. The summed E-state index contributed by atoms with van der Waals surface area (Å²) >= 11 is 0. The Labute approximate surface area is 228 Å². The first-order valence-corrected chi connectivity index (χ1v) is 15.8. The van der Waals surface area contributed by atoms with Gasteiger partial charge < -0.3 is 4.74 Å². The Balaban J connectivity index is 1.27. The van der Waals surface area contributed by atoms with Crippen LogP contribution in [0.3, 0.4) is 0 Å². The molecule has 0 spiro atoms. The number of hydrogen-bond acceptors (Lipinski definition) is 3. The Morgan fingerprint density at radius 3 is 1.81 bits per heavy atom. The average Bonchev–Trinajstić information content (AvgIpc) is 2.94. The average molecular weight is 507 g/mol. The highest BCUT2D eigenvalue weighted by atomic mass is 16.5. The molecule has 206 valence electrons. The highest BCUT2D eigenvalue weighted by molar-refractivity contribution is 5.55. The first-order chi connectivity index (χ1) is 18.3. The fourth-order valence-electron chi connectivity index (χ4n) is 5.85. The molecule has 0 saturated heterocycles. The van der Waals surface area contributed by atoms with E-state index < -0.39 is 0 Å². The molecule has 0 atom stereocenters. The normalized spacial score (nSPS) is 17.7. The summed E-state index contributed by atoms with van der Waals surface area (Å²) in [6.45, 7) is 5.40. The summed E-state index contributed by atoms with van der Waals surface area (Å²) in [5, 5.41) is 0. The van der Waals surface area contributed by atoms with Gasteiger partial charge in [-0.2, -0.15) is 0 Å². The number of nitrogens with zero attached hydrogens (tertiary/aromatic N) is 2. The SMILES string of the molecule is CCCCCCCCCCc1cnc(-c2ccc(OCCC[C@H]3CC[C@H](CCCCC)CC3)cc2)nc1. The van der Waals surface area contributed by atoms with Crippen LogP contribution in [-0.2, 0) is 6.42 Å². The predicted octanol–water partition coefficient (Wildman–Crippen LogP) is 10.4. The molecule has 3 heteroatoms. The van der Waals surface area contributed by atoms with Crippen LogP contribution in [0, 0.1) is 11.8 Å². The van der Waals surface area contributed by atoms with Crippen LogP contribution in [0.15, 0.2) is 36.7 Å². The molecule has 2 aromatic rings. The summed E-state index contributed by atoms with van der Waals surface area (Å²) in [6, 6.07) is 8.30. The summed E-state index contributed by atoms with van der Waals surface area (Å²) < 4.78 is 6.04. The largest absolute Gasteiger partial charge is 0.494 e. The van der Waals surface area contributed by atoms with Crippen molar-refractivity contribution in [2.24, 2.45) is 11.8 Å². The molecule has 3 rings (SSSR count). The number of aryl methyl sites for hydroxylation is 1. The summed E-state index contributed by atoms with van der Waals surface area (Å²) in [6.07, 6.45) is 29.8. The van der Waals surface area contributed by atoms with Crippen molar-refractivity contribution in [2.45, 2.75) is 136 Å². The lowest BCUT2D eigenvalue weighted by Crippen LogP contribution is -2.15. The second kappa shape index (κ2) is 18.4. The van der Waals surface area contributed by atoms with E-state index in [0.717, 1.165) is 48.4 Å². The maximum absolute atomic E-state index is 6.04. The third kappa shape index (κ3) is 12.0. The third-order valence-electron chi connectivity index (χ3n) is 8.34. The van der Waals surface area contributed by atoms with Crippen LogP contribution in [0.5, 0.6) is 5.75 Å². The number of benzene rings is 1.